The van der Waals surface area contributed by atoms with Crippen molar-refractivity contribution in [2.75, 3.05) is 0 Å². The van der Waals surface area contributed by atoms with Crippen molar-refractivity contribution in [3.8, 4) is 0 Å². The van der Waals surface area contributed by atoms with E-state index >= 15 is 0 Å². The van der Waals surface area contributed by atoms with Crippen LogP contribution in [0.1, 0.15) is 63.8 Å². The van der Waals surface area contributed by atoms with Gasteiger partial charge in [-0.3, -0.25) is 0 Å². The summed E-state index contributed by atoms with van der Waals surface area (Å²) in [7, 11) is 0. The number of allylic oxidation sites excluding steroid dienone is 8. The van der Waals surface area contributed by atoms with Gasteiger partial charge in [-0.25, -0.2) is 0 Å². The Balaban J connectivity index is 0.00000240. The second kappa shape index (κ2) is 14.5. The summed E-state index contributed by atoms with van der Waals surface area (Å²) in [6.45, 7) is 14.4. The molecule has 238 valence electrons. The number of hydrogen-bond donors (Lipinski definition) is 0. The summed E-state index contributed by atoms with van der Waals surface area (Å²) in [4.78, 5) is 0. The quantitative estimate of drug-likeness (QED) is 0.156. The van der Waals surface area contributed by atoms with Crippen molar-refractivity contribution in [3.63, 3.8) is 0 Å². The van der Waals surface area contributed by atoms with E-state index in [0.29, 0.717) is 11.8 Å². The summed E-state index contributed by atoms with van der Waals surface area (Å²) in [6.07, 6.45) is 7.32. The molecule has 0 saturated carbocycles. The van der Waals surface area contributed by atoms with Crippen LogP contribution in [0, 0.1) is 11.8 Å². The van der Waals surface area contributed by atoms with Crippen molar-refractivity contribution in [1.29, 1.82) is 0 Å². The molecule has 6 rings (SSSR count). The third-order valence-electron chi connectivity index (χ3n) is 10.7. The maximum absolute atomic E-state index is 4.46. The summed E-state index contributed by atoms with van der Waals surface area (Å²) >= 11 is -3.20. The van der Waals surface area contributed by atoms with E-state index < -0.39 is 15.7 Å². The van der Waals surface area contributed by atoms with Gasteiger partial charge in [0.1, 0.15) is 0 Å². The Hall–Kier alpha value is -2.15. The van der Waals surface area contributed by atoms with Crippen molar-refractivity contribution in [3.05, 3.63) is 161 Å². The Labute approximate surface area is 295 Å². The topological polar surface area (TPSA) is 0 Å². The molecule has 4 heteroatoms. The van der Waals surface area contributed by atoms with Gasteiger partial charge in [0.25, 0.3) is 0 Å². The van der Waals surface area contributed by atoms with Crippen LogP contribution in [0.2, 0.25) is 0 Å². The predicted molar refractivity (Wildman–Crippen MR) is 207 cm³/mol. The molecule has 4 aromatic carbocycles. The van der Waals surface area contributed by atoms with Crippen LogP contribution in [0.5, 0.6) is 0 Å². The molecule has 2 aliphatic carbocycles. The van der Waals surface area contributed by atoms with Crippen LogP contribution in [0.3, 0.4) is 0 Å². The first-order valence-electron chi connectivity index (χ1n) is 16.4. The molecule has 0 aliphatic heterocycles. The molecule has 0 N–H and O–H groups in total. The summed E-state index contributed by atoms with van der Waals surface area (Å²) in [5.74, 6) is 0.741. The maximum Gasteiger partial charge on any atom is -0.147 e. The molecule has 2 aliphatic rings. The van der Waals surface area contributed by atoms with E-state index in [0.717, 1.165) is 12.8 Å². The monoisotopic (exact) mass is 786 g/mol. The van der Waals surface area contributed by atoms with E-state index in [2.05, 4.69) is 163 Å². The van der Waals surface area contributed by atoms with Gasteiger partial charge in [-0.1, -0.05) is 0 Å². The molecule has 0 saturated heterocycles. The van der Waals surface area contributed by atoms with Crippen molar-refractivity contribution < 1.29 is 15.7 Å². The molecule has 0 nitrogen and oxygen atoms in total. The molecule has 0 aromatic heterocycles. The average molecular weight is 788 g/mol. The van der Waals surface area contributed by atoms with Crippen molar-refractivity contribution >= 4 is 54.6 Å². The van der Waals surface area contributed by atoms with Crippen LogP contribution in [0.25, 0.3) is 11.1 Å². The van der Waals surface area contributed by atoms with E-state index in [4.69, 9.17) is 0 Å². The Kier molecular flexibility index (Phi) is 11.6. The standard InChI is InChI=1S/2C15H17.2C6H5.2ClH.GeH2.Zr/c2*1-4-13-6-5-7-14(10-13)15-9-11(2)8-12(15)3;2*1-2-4-6-5-3-1;;;;/h2*5-7,9-11H,4H2,1-3H3;2*1-5H;2*1H;1H2;. The molecular formula is C42H48Cl2GeZr. The maximum atomic E-state index is 2.60. The number of hydrogen-bond acceptors (Lipinski definition) is 0. The summed E-state index contributed by atoms with van der Waals surface area (Å²) < 4.78 is 6.69. The molecular weight excluding hydrogens is 739 g/mol. The second-order valence-corrected chi connectivity index (χ2v) is 43.3. The number of benzene rings is 4. The minimum absolute atomic E-state index is 0. The number of halogens is 2. The third-order valence-corrected chi connectivity index (χ3v) is 48.1. The molecule has 0 amide bonds. The van der Waals surface area contributed by atoms with Crippen LogP contribution >= 0.6 is 24.8 Å². The molecule has 2 atom stereocenters. The van der Waals surface area contributed by atoms with Crippen LogP contribution in [-0.4, -0.2) is 12.1 Å². The molecule has 0 fully saturated rings. The Morgan fingerprint density at radius 2 is 0.913 bits per heavy atom. The van der Waals surface area contributed by atoms with Crippen molar-refractivity contribution in [2.45, 2.75) is 54.4 Å². The van der Waals surface area contributed by atoms with Gasteiger partial charge in [-0.15, -0.1) is 24.8 Å². The third kappa shape index (κ3) is 5.79. The zero-order chi connectivity index (χ0) is 31.1. The predicted octanol–water partition coefficient (Wildman–Crippen LogP) is 9.86. The van der Waals surface area contributed by atoms with Crippen molar-refractivity contribution in [2.24, 2.45) is 11.8 Å². The van der Waals surface area contributed by atoms with Gasteiger partial charge in [0, 0.05) is 0 Å². The minimum atomic E-state index is -4.46. The first kappa shape index (κ1) is 36.7. The summed E-state index contributed by atoms with van der Waals surface area (Å²) in [5, 5.41) is 0. The molecule has 0 heterocycles. The van der Waals surface area contributed by atoms with E-state index in [9.17, 15) is 0 Å². The zero-order valence-corrected chi connectivity index (χ0v) is 35.2. The van der Waals surface area contributed by atoms with Gasteiger partial charge in [-0.05, 0) is 0 Å². The van der Waals surface area contributed by atoms with Gasteiger partial charge in [0.2, 0.25) is 0 Å². The van der Waals surface area contributed by atoms with Crippen LogP contribution < -0.4 is 6.54 Å². The largest absolute Gasteiger partial charge is 0.147 e. The molecule has 0 spiro atoms. The van der Waals surface area contributed by atoms with Crippen LogP contribution in [0.15, 0.2) is 139 Å². The SMILES string of the molecule is CCc1cccc(C2=CC(C)[C]([Zr](=[GeH2])([C]3=C(C)C(c4cccc(CC)c4)=CC3C)([c]3ccccc3)[c]3ccccc3)=C2C)c1.Cl.Cl. The molecule has 4 aromatic rings. The van der Waals surface area contributed by atoms with E-state index in [-0.39, 0.29) is 24.8 Å². The fourth-order valence-corrected chi connectivity index (χ4v) is 48.5. The molecule has 46 heavy (non-hydrogen) atoms. The van der Waals surface area contributed by atoms with Gasteiger partial charge in [0.05, 0.1) is 0 Å². The summed E-state index contributed by atoms with van der Waals surface area (Å²) in [6, 6.07) is 42.1. The van der Waals surface area contributed by atoms with Gasteiger partial charge in [-0.2, -0.15) is 0 Å². The molecule has 0 bridgehead atoms. The second-order valence-electron chi connectivity index (χ2n) is 13.1. The first-order valence-corrected chi connectivity index (χ1v) is 31.8. The molecule has 0 radical (unpaired) electrons. The zero-order valence-electron chi connectivity index (χ0n) is 28.1. The number of rotatable bonds is 8. The fourth-order valence-electron chi connectivity index (χ4n) is 8.81. The number of aryl methyl sites for hydroxylation is 2. The Bertz CT molecular complexity index is 1790. The fraction of sp³-hybridized carbons (Fsp3) is 0.238. The Morgan fingerprint density at radius 1 is 0.543 bits per heavy atom. The van der Waals surface area contributed by atoms with Crippen LogP contribution in [-0.2, 0) is 28.5 Å². The minimum Gasteiger partial charge on any atom is -0.147 e. The van der Waals surface area contributed by atoms with Gasteiger partial charge >= 0.3 is 273 Å². The van der Waals surface area contributed by atoms with Crippen molar-refractivity contribution in [1.82, 2.24) is 0 Å². The smallest absolute Gasteiger partial charge is 0.147 e. The van der Waals surface area contributed by atoms with E-state index in [1.807, 2.05) is 0 Å². The molecule has 2 unspecified atom stereocenters. The van der Waals surface area contributed by atoms with Gasteiger partial charge in [0.15, 0.2) is 0 Å². The van der Waals surface area contributed by atoms with Gasteiger partial charge < -0.3 is 0 Å². The normalized spacial score (nSPS) is 18.2. The Morgan fingerprint density at radius 3 is 1.26 bits per heavy atom. The first-order chi connectivity index (χ1) is 21.2. The average Bonchev–Trinajstić information content (AvgIpc) is 3.55. The van der Waals surface area contributed by atoms with Crippen LogP contribution in [0.4, 0.5) is 0 Å². The summed E-state index contributed by atoms with van der Waals surface area (Å²) in [5.41, 5.74) is 11.5. The van der Waals surface area contributed by atoms with E-state index in [1.54, 1.807) is 13.1 Å². The van der Waals surface area contributed by atoms with E-state index in [1.165, 1.54) is 56.7 Å².